The number of alkyl halides is 3. The minimum atomic E-state index is -4.38. The van der Waals surface area contributed by atoms with E-state index in [0.717, 1.165) is 10.7 Å². The quantitative estimate of drug-likeness (QED) is 0.546. The van der Waals surface area contributed by atoms with Crippen molar-refractivity contribution in [3.63, 3.8) is 0 Å². The van der Waals surface area contributed by atoms with Gasteiger partial charge in [-0.25, -0.2) is 9.98 Å². The van der Waals surface area contributed by atoms with Gasteiger partial charge in [0, 0.05) is 17.0 Å². The van der Waals surface area contributed by atoms with Crippen molar-refractivity contribution < 1.29 is 17.9 Å². The monoisotopic (exact) mass is 400 g/mol. The van der Waals surface area contributed by atoms with Crippen LogP contribution in [0.2, 0.25) is 0 Å². The lowest BCUT2D eigenvalue weighted by molar-refractivity contribution is -0.153. The average molecular weight is 400 g/mol. The van der Waals surface area contributed by atoms with Gasteiger partial charge in [-0.15, -0.1) is 11.3 Å². The summed E-state index contributed by atoms with van der Waals surface area (Å²) in [5.74, 6) is 0.745. The molecule has 0 radical (unpaired) electrons. The molecule has 5 nitrogen and oxygen atoms in total. The summed E-state index contributed by atoms with van der Waals surface area (Å²) in [6.45, 7) is 5.98. The van der Waals surface area contributed by atoms with E-state index in [-0.39, 0.29) is 12.3 Å². The largest absolute Gasteiger partial charge is 0.484 e. The van der Waals surface area contributed by atoms with Gasteiger partial charge in [-0.05, 0) is 26.8 Å². The third kappa shape index (κ3) is 7.09. The van der Waals surface area contributed by atoms with Crippen molar-refractivity contribution in [2.75, 3.05) is 13.2 Å². The normalized spacial score (nSPS) is 12.1. The number of nitrogens with zero attached hydrogens (tertiary/aromatic N) is 2. The molecule has 0 amide bonds. The minimum Gasteiger partial charge on any atom is -0.484 e. The van der Waals surface area contributed by atoms with Crippen molar-refractivity contribution in [2.45, 2.75) is 40.0 Å². The van der Waals surface area contributed by atoms with Crippen LogP contribution in [-0.2, 0) is 13.1 Å². The molecule has 2 rings (SSSR count). The predicted molar refractivity (Wildman–Crippen MR) is 101 cm³/mol. The summed E-state index contributed by atoms with van der Waals surface area (Å²) < 4.78 is 42.1. The highest BCUT2D eigenvalue weighted by atomic mass is 32.1. The molecule has 0 saturated heterocycles. The van der Waals surface area contributed by atoms with Crippen molar-refractivity contribution in [2.24, 2.45) is 4.99 Å². The van der Waals surface area contributed by atoms with Crippen LogP contribution < -0.4 is 15.4 Å². The van der Waals surface area contributed by atoms with E-state index >= 15 is 0 Å². The van der Waals surface area contributed by atoms with E-state index in [0.29, 0.717) is 24.6 Å². The number of thiazole rings is 1. The molecule has 27 heavy (non-hydrogen) atoms. The number of ether oxygens (including phenoxy) is 1. The second-order valence-electron chi connectivity index (χ2n) is 5.81. The number of aromatic nitrogens is 1. The van der Waals surface area contributed by atoms with E-state index in [4.69, 9.17) is 4.74 Å². The van der Waals surface area contributed by atoms with Crippen LogP contribution in [-0.4, -0.2) is 30.3 Å². The zero-order chi connectivity index (χ0) is 19.9. The Morgan fingerprint density at radius 2 is 1.96 bits per heavy atom. The van der Waals surface area contributed by atoms with Gasteiger partial charge in [0.2, 0.25) is 0 Å². The van der Waals surface area contributed by atoms with Gasteiger partial charge in [-0.1, -0.05) is 18.2 Å². The van der Waals surface area contributed by atoms with Crippen molar-refractivity contribution in [3.05, 3.63) is 45.4 Å². The summed E-state index contributed by atoms with van der Waals surface area (Å²) in [5.41, 5.74) is 1.59. The van der Waals surface area contributed by atoms with E-state index in [9.17, 15) is 13.2 Å². The first kappa shape index (κ1) is 21.0. The molecule has 0 spiro atoms. The molecule has 0 aliphatic heterocycles. The molecule has 2 aromatic rings. The van der Waals surface area contributed by atoms with Crippen LogP contribution in [0.15, 0.2) is 29.3 Å². The maximum absolute atomic E-state index is 12.4. The molecule has 0 atom stereocenters. The van der Waals surface area contributed by atoms with Crippen LogP contribution in [0.25, 0.3) is 0 Å². The topological polar surface area (TPSA) is 58.5 Å². The fraction of sp³-hybridized carbons (Fsp3) is 0.444. The molecular formula is C18H23F3N4OS. The first-order valence-electron chi connectivity index (χ1n) is 8.51. The van der Waals surface area contributed by atoms with Gasteiger partial charge in [0.15, 0.2) is 12.6 Å². The summed E-state index contributed by atoms with van der Waals surface area (Å²) in [6.07, 6.45) is -4.38. The summed E-state index contributed by atoms with van der Waals surface area (Å²) in [7, 11) is 0. The highest BCUT2D eigenvalue weighted by Crippen LogP contribution is 2.22. The first-order chi connectivity index (χ1) is 12.8. The Balaban J connectivity index is 2.03. The van der Waals surface area contributed by atoms with Crippen LogP contribution in [0.1, 0.15) is 28.1 Å². The lowest BCUT2D eigenvalue weighted by atomic mass is 10.2. The summed E-state index contributed by atoms with van der Waals surface area (Å²) >= 11 is 1.62. The molecule has 0 aliphatic carbocycles. The molecule has 9 heteroatoms. The molecule has 148 valence electrons. The van der Waals surface area contributed by atoms with E-state index < -0.39 is 12.8 Å². The molecule has 0 aliphatic rings. The maximum atomic E-state index is 12.4. The molecule has 0 fully saturated rings. The van der Waals surface area contributed by atoms with Crippen LogP contribution in [0.3, 0.4) is 0 Å². The number of aliphatic imine (C=N–C) groups is 1. The molecule has 1 aromatic carbocycles. The fourth-order valence-electron chi connectivity index (χ4n) is 2.21. The number of hydrogen-bond donors (Lipinski definition) is 2. The molecule has 0 bridgehead atoms. The lowest BCUT2D eigenvalue weighted by Crippen LogP contribution is -2.36. The van der Waals surface area contributed by atoms with Gasteiger partial charge in [0.25, 0.3) is 0 Å². The number of nitrogens with one attached hydrogen (secondary N) is 2. The minimum absolute atomic E-state index is 0.181. The third-order valence-corrected chi connectivity index (χ3v) is 4.67. The van der Waals surface area contributed by atoms with Crippen LogP contribution >= 0.6 is 11.3 Å². The van der Waals surface area contributed by atoms with Crippen LogP contribution in [0, 0.1) is 13.8 Å². The standard InChI is InChI=1S/C18H23F3N4OS/c1-4-22-17(24-10-16-25-12(2)13(3)27-16)23-9-14-7-5-6-8-15(14)26-11-18(19,20)21/h5-8H,4,9-11H2,1-3H3,(H2,22,23,24). The van der Waals surface area contributed by atoms with Crippen LogP contribution in [0.5, 0.6) is 5.75 Å². The third-order valence-electron chi connectivity index (χ3n) is 3.60. The van der Waals surface area contributed by atoms with Gasteiger partial charge in [-0.2, -0.15) is 13.2 Å². The van der Waals surface area contributed by atoms with Gasteiger partial charge >= 0.3 is 6.18 Å². The van der Waals surface area contributed by atoms with Gasteiger partial charge in [-0.3, -0.25) is 0 Å². The molecule has 1 aromatic heterocycles. The van der Waals surface area contributed by atoms with E-state index in [1.165, 1.54) is 10.9 Å². The molecular weight excluding hydrogens is 377 g/mol. The Morgan fingerprint density at radius 3 is 2.59 bits per heavy atom. The maximum Gasteiger partial charge on any atom is 0.422 e. The summed E-state index contributed by atoms with van der Waals surface area (Å²) in [6, 6.07) is 6.59. The fourth-order valence-corrected chi connectivity index (χ4v) is 3.09. The second kappa shape index (κ2) is 9.59. The van der Waals surface area contributed by atoms with Gasteiger partial charge in [0.05, 0.1) is 18.8 Å². The zero-order valence-corrected chi connectivity index (χ0v) is 16.3. The lowest BCUT2D eigenvalue weighted by Gasteiger charge is -2.13. The Bertz CT molecular complexity index is 755. The predicted octanol–water partition coefficient (Wildman–Crippen LogP) is 3.96. The number of guanidine groups is 1. The first-order valence-corrected chi connectivity index (χ1v) is 9.32. The average Bonchev–Trinajstić information content (AvgIpc) is 2.93. The number of rotatable bonds is 7. The highest BCUT2D eigenvalue weighted by Gasteiger charge is 2.28. The van der Waals surface area contributed by atoms with Gasteiger partial charge < -0.3 is 15.4 Å². The second-order valence-corrected chi connectivity index (χ2v) is 7.10. The van der Waals surface area contributed by atoms with E-state index in [1.807, 2.05) is 20.8 Å². The Morgan fingerprint density at radius 1 is 1.22 bits per heavy atom. The molecule has 2 N–H and O–H groups in total. The number of benzene rings is 1. The highest BCUT2D eigenvalue weighted by molar-refractivity contribution is 7.11. The van der Waals surface area contributed by atoms with Crippen molar-refractivity contribution in [1.29, 1.82) is 0 Å². The van der Waals surface area contributed by atoms with Crippen LogP contribution in [0.4, 0.5) is 13.2 Å². The van der Waals surface area contributed by atoms with E-state index in [2.05, 4.69) is 20.6 Å². The Kier molecular flexibility index (Phi) is 7.46. The molecule has 0 saturated carbocycles. The number of hydrogen-bond acceptors (Lipinski definition) is 4. The molecule has 0 unspecified atom stereocenters. The van der Waals surface area contributed by atoms with Crippen molar-refractivity contribution in [3.8, 4) is 5.75 Å². The van der Waals surface area contributed by atoms with Gasteiger partial charge in [0.1, 0.15) is 10.8 Å². The summed E-state index contributed by atoms with van der Waals surface area (Å²) in [4.78, 5) is 10.1. The number of para-hydroxylation sites is 1. The van der Waals surface area contributed by atoms with E-state index in [1.54, 1.807) is 29.5 Å². The number of aryl methyl sites for hydroxylation is 2. The Labute approximate surface area is 160 Å². The Hall–Kier alpha value is -2.29. The SMILES string of the molecule is CCNC(=NCc1ccccc1OCC(F)(F)F)NCc1nc(C)c(C)s1. The zero-order valence-electron chi connectivity index (χ0n) is 15.5. The summed E-state index contributed by atoms with van der Waals surface area (Å²) in [5, 5.41) is 7.25. The molecule has 1 heterocycles. The van der Waals surface area contributed by atoms with Crippen molar-refractivity contribution >= 4 is 17.3 Å². The van der Waals surface area contributed by atoms with Crippen molar-refractivity contribution in [1.82, 2.24) is 15.6 Å². The smallest absolute Gasteiger partial charge is 0.422 e. The number of halogens is 3.